The molecule has 28 heavy (non-hydrogen) atoms. The maximum absolute atomic E-state index is 12.6. The van der Waals surface area contributed by atoms with Crippen LogP contribution >= 0.6 is 0 Å². The van der Waals surface area contributed by atoms with Gasteiger partial charge in [-0.15, -0.1) is 0 Å². The van der Waals surface area contributed by atoms with E-state index >= 15 is 0 Å². The van der Waals surface area contributed by atoms with E-state index in [2.05, 4.69) is 21.7 Å². The Balaban J connectivity index is 1.51. The second kappa shape index (κ2) is 8.91. The topological polar surface area (TPSA) is 54.0 Å². The number of halogens is 3. The molecule has 148 valence electrons. The summed E-state index contributed by atoms with van der Waals surface area (Å²) in [5.41, 5.74) is 2.02. The average molecular weight is 389 g/mol. The van der Waals surface area contributed by atoms with Crippen LogP contribution in [0.3, 0.4) is 0 Å². The molecule has 0 saturated heterocycles. The highest BCUT2D eigenvalue weighted by Crippen LogP contribution is 2.29. The summed E-state index contributed by atoms with van der Waals surface area (Å²) in [7, 11) is 0. The summed E-state index contributed by atoms with van der Waals surface area (Å²) in [6, 6.07) is 7.65. The minimum absolute atomic E-state index is 0.195. The quantitative estimate of drug-likeness (QED) is 0.627. The number of aromatic nitrogens is 1. The van der Waals surface area contributed by atoms with Crippen LogP contribution in [0.5, 0.6) is 0 Å². The number of alkyl halides is 3. The molecule has 1 heterocycles. The van der Waals surface area contributed by atoms with Gasteiger partial charge in [-0.25, -0.2) is 4.98 Å². The number of amides is 1. The highest BCUT2D eigenvalue weighted by atomic mass is 19.4. The summed E-state index contributed by atoms with van der Waals surface area (Å²) in [6.07, 6.45) is 5.36. The van der Waals surface area contributed by atoms with Crippen molar-refractivity contribution in [3.8, 4) is 0 Å². The van der Waals surface area contributed by atoms with Crippen molar-refractivity contribution in [2.24, 2.45) is 0 Å². The van der Waals surface area contributed by atoms with E-state index < -0.39 is 17.6 Å². The minimum atomic E-state index is -4.40. The third kappa shape index (κ3) is 5.58. The molecule has 0 unspecified atom stereocenters. The molecule has 1 aromatic heterocycles. The Hall–Kier alpha value is -2.83. The van der Waals surface area contributed by atoms with Gasteiger partial charge >= 0.3 is 6.18 Å². The van der Waals surface area contributed by atoms with E-state index in [-0.39, 0.29) is 11.4 Å². The fourth-order valence-electron chi connectivity index (χ4n) is 3.07. The van der Waals surface area contributed by atoms with E-state index in [0.717, 1.165) is 30.8 Å². The molecule has 0 spiro atoms. The van der Waals surface area contributed by atoms with Gasteiger partial charge < -0.3 is 10.6 Å². The van der Waals surface area contributed by atoms with Crippen LogP contribution in [-0.4, -0.2) is 17.4 Å². The van der Waals surface area contributed by atoms with Crippen molar-refractivity contribution >= 4 is 17.3 Å². The molecule has 0 fully saturated rings. The highest BCUT2D eigenvalue weighted by Gasteiger charge is 2.30. The number of nitrogens with one attached hydrogen (secondary N) is 2. The maximum atomic E-state index is 12.6. The average Bonchev–Trinajstić information content (AvgIpc) is 2.69. The molecular formula is C21H22F3N3O. The molecule has 0 radical (unpaired) electrons. The normalized spacial score (nSPS) is 14.3. The predicted molar refractivity (Wildman–Crippen MR) is 103 cm³/mol. The lowest BCUT2D eigenvalue weighted by Crippen LogP contribution is -2.14. The minimum Gasteiger partial charge on any atom is -0.383 e. The van der Waals surface area contributed by atoms with E-state index in [0.29, 0.717) is 0 Å². The third-order valence-electron chi connectivity index (χ3n) is 4.63. The van der Waals surface area contributed by atoms with Crippen LogP contribution in [0.25, 0.3) is 0 Å². The number of pyridine rings is 1. The molecule has 3 rings (SSSR count). The van der Waals surface area contributed by atoms with Crippen molar-refractivity contribution in [3.63, 3.8) is 0 Å². The molecule has 2 aromatic rings. The summed E-state index contributed by atoms with van der Waals surface area (Å²) < 4.78 is 37.7. The Kier molecular flexibility index (Phi) is 6.34. The van der Waals surface area contributed by atoms with Crippen molar-refractivity contribution in [1.29, 1.82) is 0 Å². The monoisotopic (exact) mass is 389 g/mol. The summed E-state index contributed by atoms with van der Waals surface area (Å²) in [5.74, 6) is -0.473. The SMILES string of the molecule is O=C(Nc1ccc(C(F)(F)F)cc1)c1ccc(NCCC2=CCCCC2)cn1. The molecule has 0 atom stereocenters. The van der Waals surface area contributed by atoms with E-state index in [9.17, 15) is 18.0 Å². The van der Waals surface area contributed by atoms with E-state index in [1.165, 1.54) is 43.4 Å². The molecule has 4 nitrogen and oxygen atoms in total. The number of rotatable bonds is 6. The van der Waals surface area contributed by atoms with Crippen LogP contribution in [0.4, 0.5) is 24.5 Å². The van der Waals surface area contributed by atoms with Gasteiger partial charge in [0.25, 0.3) is 5.91 Å². The zero-order chi connectivity index (χ0) is 20.0. The summed E-state index contributed by atoms with van der Waals surface area (Å²) in [6.45, 7) is 0.810. The Morgan fingerprint density at radius 3 is 2.39 bits per heavy atom. The van der Waals surface area contributed by atoms with Gasteiger partial charge in [0.1, 0.15) is 5.69 Å². The van der Waals surface area contributed by atoms with Gasteiger partial charge in [-0.05, 0) is 68.5 Å². The van der Waals surface area contributed by atoms with Crippen LogP contribution in [0.2, 0.25) is 0 Å². The molecule has 7 heteroatoms. The zero-order valence-corrected chi connectivity index (χ0v) is 15.4. The summed E-state index contributed by atoms with van der Waals surface area (Å²) in [4.78, 5) is 16.3. The van der Waals surface area contributed by atoms with Gasteiger partial charge in [0.05, 0.1) is 17.4 Å². The van der Waals surface area contributed by atoms with Gasteiger partial charge in [-0.1, -0.05) is 11.6 Å². The summed E-state index contributed by atoms with van der Waals surface area (Å²) in [5, 5.41) is 5.83. The van der Waals surface area contributed by atoms with E-state index in [1.807, 2.05) is 0 Å². The number of benzene rings is 1. The zero-order valence-electron chi connectivity index (χ0n) is 15.4. The van der Waals surface area contributed by atoms with E-state index in [1.54, 1.807) is 18.3 Å². The highest BCUT2D eigenvalue weighted by molar-refractivity contribution is 6.02. The molecule has 1 aromatic carbocycles. The molecular weight excluding hydrogens is 367 g/mol. The Morgan fingerprint density at radius 2 is 1.79 bits per heavy atom. The number of hydrogen-bond acceptors (Lipinski definition) is 3. The number of hydrogen-bond donors (Lipinski definition) is 2. The van der Waals surface area contributed by atoms with Crippen molar-refractivity contribution < 1.29 is 18.0 Å². The lowest BCUT2D eigenvalue weighted by molar-refractivity contribution is -0.137. The third-order valence-corrected chi connectivity index (χ3v) is 4.63. The largest absolute Gasteiger partial charge is 0.416 e. The van der Waals surface area contributed by atoms with Crippen molar-refractivity contribution in [3.05, 3.63) is 65.5 Å². The van der Waals surface area contributed by atoms with Crippen molar-refractivity contribution in [2.45, 2.75) is 38.3 Å². The van der Waals surface area contributed by atoms with Crippen LogP contribution in [0.15, 0.2) is 54.2 Å². The molecule has 1 amide bonds. The number of allylic oxidation sites excluding steroid dienone is 1. The fourth-order valence-corrected chi connectivity index (χ4v) is 3.07. The lowest BCUT2D eigenvalue weighted by Gasteiger charge is -2.13. The van der Waals surface area contributed by atoms with Gasteiger partial charge in [0.15, 0.2) is 0 Å². The molecule has 2 N–H and O–H groups in total. The first kappa shape index (κ1) is 19.9. The van der Waals surface area contributed by atoms with E-state index in [4.69, 9.17) is 0 Å². The Labute approximate surface area is 161 Å². The van der Waals surface area contributed by atoms with Gasteiger partial charge in [-0.2, -0.15) is 13.2 Å². The smallest absolute Gasteiger partial charge is 0.383 e. The van der Waals surface area contributed by atoms with Crippen molar-refractivity contribution in [1.82, 2.24) is 4.98 Å². The van der Waals surface area contributed by atoms with Crippen LogP contribution in [-0.2, 0) is 6.18 Å². The molecule has 0 saturated carbocycles. The van der Waals surface area contributed by atoms with Gasteiger partial charge in [-0.3, -0.25) is 4.79 Å². The second-order valence-electron chi connectivity index (χ2n) is 6.75. The van der Waals surface area contributed by atoms with Crippen LogP contribution in [0, 0.1) is 0 Å². The summed E-state index contributed by atoms with van der Waals surface area (Å²) >= 11 is 0. The predicted octanol–water partition coefficient (Wildman–Crippen LogP) is 5.66. The number of carbonyl (C=O) groups is 1. The van der Waals surface area contributed by atoms with Crippen LogP contribution in [0.1, 0.15) is 48.2 Å². The standard InChI is InChI=1S/C21H22F3N3O/c22-21(23,24)16-6-8-17(9-7-16)27-20(28)19-11-10-18(14-26-19)25-13-12-15-4-2-1-3-5-15/h4,6-11,14,25H,1-3,5,12-13H2,(H,27,28). The first-order chi connectivity index (χ1) is 13.4. The molecule has 1 aliphatic carbocycles. The number of nitrogens with zero attached hydrogens (tertiary/aromatic N) is 1. The number of anilines is 2. The molecule has 0 aliphatic heterocycles. The van der Waals surface area contributed by atoms with Crippen LogP contribution < -0.4 is 10.6 Å². The Morgan fingerprint density at radius 1 is 1.04 bits per heavy atom. The van der Waals surface area contributed by atoms with Gasteiger partial charge in [0.2, 0.25) is 0 Å². The maximum Gasteiger partial charge on any atom is 0.416 e. The first-order valence-corrected chi connectivity index (χ1v) is 9.28. The first-order valence-electron chi connectivity index (χ1n) is 9.28. The second-order valence-corrected chi connectivity index (χ2v) is 6.75. The van der Waals surface area contributed by atoms with Gasteiger partial charge in [0, 0.05) is 12.2 Å². The Bertz CT molecular complexity index is 827. The molecule has 1 aliphatic rings. The van der Waals surface area contributed by atoms with Crippen molar-refractivity contribution in [2.75, 3.05) is 17.2 Å². The fraction of sp³-hybridized carbons (Fsp3) is 0.333. The lowest BCUT2D eigenvalue weighted by atomic mass is 9.97. The molecule has 0 bridgehead atoms. The number of carbonyl (C=O) groups excluding carboxylic acids is 1.